The van der Waals surface area contributed by atoms with Gasteiger partial charge in [-0.25, -0.2) is 9.97 Å². The van der Waals surface area contributed by atoms with Crippen LogP contribution in [-0.2, 0) is 0 Å². The van der Waals surface area contributed by atoms with Gasteiger partial charge in [-0.15, -0.1) is 0 Å². The lowest BCUT2D eigenvalue weighted by Gasteiger charge is -2.14. The topological polar surface area (TPSA) is 45.5 Å². The van der Waals surface area contributed by atoms with Gasteiger partial charge in [0.2, 0.25) is 0 Å². The lowest BCUT2D eigenvalue weighted by atomic mass is 10.1. The van der Waals surface area contributed by atoms with Gasteiger partial charge in [0.1, 0.15) is 18.0 Å². The highest BCUT2D eigenvalue weighted by Gasteiger charge is 2.22. The monoisotopic (exact) mass is 640 g/mol. The van der Waals surface area contributed by atoms with Gasteiger partial charge >= 0.3 is 0 Å². The molecule has 0 aliphatic carbocycles. The van der Waals surface area contributed by atoms with E-state index >= 15 is 0 Å². The number of benzene rings is 6. The smallest absolute Gasteiger partial charge is 0.143 e. The van der Waals surface area contributed by atoms with Crippen LogP contribution in [0.15, 0.2) is 170 Å². The molecule has 0 atom stereocenters. The quantitative estimate of drug-likeness (QED) is 0.192. The number of aromatic nitrogens is 6. The fraction of sp³-hybridized carbons (Fsp3) is 0. The standard InChI is InChI=1S/C44H28N6/c1-3-11-31(12-4-1)47-25-23-29-19-21-35-33-15-7-9-17-37(33)49(43(35)41(29)47)39-27-40(46-28-45-39)50-38-18-10-8-16-34(38)36-22-20-30-24-26-48(42(30)44(36)50)32-13-5-2-6-14-32/h1-28H. The minimum absolute atomic E-state index is 0.811. The van der Waals surface area contributed by atoms with Crippen molar-refractivity contribution in [2.24, 2.45) is 0 Å². The van der Waals surface area contributed by atoms with Crippen molar-refractivity contribution in [1.29, 1.82) is 0 Å². The molecule has 50 heavy (non-hydrogen) atoms. The minimum Gasteiger partial charge on any atom is -0.315 e. The van der Waals surface area contributed by atoms with Crippen molar-refractivity contribution in [3.05, 3.63) is 170 Å². The average Bonchev–Trinajstić information content (AvgIpc) is 3.96. The highest BCUT2D eigenvalue weighted by Crippen LogP contribution is 2.40. The Morgan fingerprint density at radius 3 is 1.28 bits per heavy atom. The third kappa shape index (κ3) is 3.73. The lowest BCUT2D eigenvalue weighted by Crippen LogP contribution is -2.05. The number of rotatable bonds is 4. The van der Waals surface area contributed by atoms with E-state index in [0.717, 1.165) is 56.1 Å². The van der Waals surface area contributed by atoms with Gasteiger partial charge in [0.25, 0.3) is 0 Å². The number of fused-ring (bicyclic) bond motifs is 10. The average molecular weight is 641 g/mol. The Morgan fingerprint density at radius 1 is 0.360 bits per heavy atom. The van der Waals surface area contributed by atoms with Crippen molar-refractivity contribution < 1.29 is 0 Å². The maximum atomic E-state index is 4.99. The largest absolute Gasteiger partial charge is 0.315 e. The van der Waals surface area contributed by atoms with E-state index in [2.05, 4.69) is 182 Å². The van der Waals surface area contributed by atoms with Gasteiger partial charge in [-0.05, 0) is 48.5 Å². The predicted molar refractivity (Wildman–Crippen MR) is 204 cm³/mol. The van der Waals surface area contributed by atoms with Crippen molar-refractivity contribution in [3.8, 4) is 23.0 Å². The van der Waals surface area contributed by atoms with E-state index in [1.165, 1.54) is 32.3 Å². The van der Waals surface area contributed by atoms with Crippen LogP contribution in [0.4, 0.5) is 0 Å². The first kappa shape index (κ1) is 27.1. The van der Waals surface area contributed by atoms with Gasteiger partial charge in [-0.3, -0.25) is 9.13 Å². The molecule has 0 N–H and O–H groups in total. The lowest BCUT2D eigenvalue weighted by molar-refractivity contribution is 0.985. The first-order valence-electron chi connectivity index (χ1n) is 16.8. The van der Waals surface area contributed by atoms with E-state index in [9.17, 15) is 0 Å². The fourth-order valence-corrected chi connectivity index (χ4v) is 8.01. The molecule has 0 saturated carbocycles. The van der Waals surface area contributed by atoms with Crippen molar-refractivity contribution >= 4 is 65.4 Å². The molecule has 0 amide bonds. The molecule has 0 fully saturated rings. The zero-order valence-corrected chi connectivity index (χ0v) is 26.8. The van der Waals surface area contributed by atoms with Crippen molar-refractivity contribution in [3.63, 3.8) is 0 Å². The number of nitrogens with zero attached hydrogens (tertiary/aromatic N) is 6. The molecule has 0 unspecified atom stereocenters. The van der Waals surface area contributed by atoms with Crippen LogP contribution >= 0.6 is 0 Å². The second-order valence-corrected chi connectivity index (χ2v) is 12.8. The molecular weight excluding hydrogens is 613 g/mol. The number of hydrogen-bond acceptors (Lipinski definition) is 2. The Bertz CT molecular complexity index is 2880. The summed E-state index contributed by atoms with van der Waals surface area (Å²) in [5.41, 5.74) is 8.95. The Kier molecular flexibility index (Phi) is 5.57. The van der Waals surface area contributed by atoms with E-state index in [1.54, 1.807) is 6.33 Å². The molecule has 0 bridgehead atoms. The summed E-state index contributed by atoms with van der Waals surface area (Å²) in [4.78, 5) is 9.97. The molecule has 0 saturated heterocycles. The number of para-hydroxylation sites is 4. The zero-order chi connectivity index (χ0) is 32.8. The van der Waals surface area contributed by atoms with Crippen LogP contribution in [0.5, 0.6) is 0 Å². The third-order valence-corrected chi connectivity index (χ3v) is 10.1. The summed E-state index contributed by atoms with van der Waals surface area (Å²) in [5, 5.41) is 7.08. The van der Waals surface area contributed by atoms with Crippen molar-refractivity contribution in [1.82, 2.24) is 28.2 Å². The minimum atomic E-state index is 0.811. The van der Waals surface area contributed by atoms with Gasteiger partial charge in [-0.2, -0.15) is 0 Å². The van der Waals surface area contributed by atoms with Gasteiger partial charge in [0, 0.05) is 62.2 Å². The second-order valence-electron chi connectivity index (χ2n) is 12.8. The first-order valence-corrected chi connectivity index (χ1v) is 16.8. The molecule has 0 spiro atoms. The van der Waals surface area contributed by atoms with Gasteiger partial charge in [0.15, 0.2) is 0 Å². The Labute approximate surface area is 286 Å². The van der Waals surface area contributed by atoms with Gasteiger partial charge in [-0.1, -0.05) is 97.1 Å². The maximum Gasteiger partial charge on any atom is 0.143 e. The summed E-state index contributed by atoms with van der Waals surface area (Å²) in [7, 11) is 0. The van der Waals surface area contributed by atoms with E-state index < -0.39 is 0 Å². The zero-order valence-electron chi connectivity index (χ0n) is 26.8. The molecule has 6 nitrogen and oxygen atoms in total. The highest BCUT2D eigenvalue weighted by molar-refractivity contribution is 6.19. The molecule has 6 aromatic carbocycles. The van der Waals surface area contributed by atoms with Crippen LogP contribution in [0.25, 0.3) is 88.4 Å². The molecule has 5 heterocycles. The summed E-state index contributed by atoms with van der Waals surface area (Å²) in [6.07, 6.45) is 6.04. The highest BCUT2D eigenvalue weighted by atomic mass is 15.1. The summed E-state index contributed by atoms with van der Waals surface area (Å²) in [6, 6.07) is 53.8. The van der Waals surface area contributed by atoms with E-state index in [0.29, 0.717) is 0 Å². The molecule has 11 aromatic rings. The number of hydrogen-bond donors (Lipinski definition) is 0. The van der Waals surface area contributed by atoms with Crippen LogP contribution in [0, 0.1) is 0 Å². The first-order chi connectivity index (χ1) is 24.8. The Balaban J connectivity index is 1.24. The van der Waals surface area contributed by atoms with Gasteiger partial charge < -0.3 is 9.13 Å². The van der Waals surface area contributed by atoms with Crippen LogP contribution in [0.1, 0.15) is 0 Å². The molecule has 5 aromatic heterocycles. The van der Waals surface area contributed by atoms with Crippen LogP contribution in [0.3, 0.4) is 0 Å². The molecule has 0 aliphatic rings. The summed E-state index contributed by atoms with van der Waals surface area (Å²) < 4.78 is 9.20. The fourth-order valence-electron chi connectivity index (χ4n) is 8.01. The molecule has 0 radical (unpaired) electrons. The van der Waals surface area contributed by atoms with Crippen LogP contribution in [0.2, 0.25) is 0 Å². The normalized spacial score (nSPS) is 12.0. The van der Waals surface area contributed by atoms with Crippen molar-refractivity contribution in [2.75, 3.05) is 0 Å². The van der Waals surface area contributed by atoms with Crippen LogP contribution in [-0.4, -0.2) is 28.2 Å². The molecule has 6 heteroatoms. The molecule has 0 aliphatic heterocycles. The van der Waals surface area contributed by atoms with Gasteiger partial charge in [0.05, 0.1) is 33.1 Å². The predicted octanol–water partition coefficient (Wildman–Crippen LogP) is 10.6. The SMILES string of the molecule is c1ccc(-n2ccc3ccc4c5ccccc5n(-c5cc(-n6c7ccccc7c7ccc8ccn(-c9ccccc9)c8c76)ncn5)c4c32)cc1. The molecular formula is C44H28N6. The van der Waals surface area contributed by atoms with E-state index in [1.807, 2.05) is 0 Å². The summed E-state index contributed by atoms with van der Waals surface area (Å²) in [6.45, 7) is 0. The third-order valence-electron chi connectivity index (χ3n) is 10.1. The molecule has 234 valence electrons. The Morgan fingerprint density at radius 2 is 0.800 bits per heavy atom. The maximum absolute atomic E-state index is 4.99. The van der Waals surface area contributed by atoms with Crippen molar-refractivity contribution in [2.45, 2.75) is 0 Å². The second kappa shape index (κ2) is 10.3. The summed E-state index contributed by atoms with van der Waals surface area (Å²) in [5.74, 6) is 1.62. The summed E-state index contributed by atoms with van der Waals surface area (Å²) >= 11 is 0. The van der Waals surface area contributed by atoms with E-state index in [-0.39, 0.29) is 0 Å². The molecule has 11 rings (SSSR count). The van der Waals surface area contributed by atoms with Crippen LogP contribution < -0.4 is 0 Å². The van der Waals surface area contributed by atoms with E-state index in [4.69, 9.17) is 9.97 Å². The Hall–Kier alpha value is -6.92.